The Morgan fingerprint density at radius 1 is 1.48 bits per heavy atom. The Morgan fingerprint density at radius 3 is 2.91 bits per heavy atom. The van der Waals surface area contributed by atoms with Gasteiger partial charge in [0.25, 0.3) is 0 Å². The predicted molar refractivity (Wildman–Crippen MR) is 90.4 cm³/mol. The van der Waals surface area contributed by atoms with Crippen LogP contribution in [0.1, 0.15) is 25.3 Å². The number of halogens is 1. The third kappa shape index (κ3) is 5.77. The van der Waals surface area contributed by atoms with Crippen LogP contribution in [0.25, 0.3) is 0 Å². The quantitative estimate of drug-likeness (QED) is 0.795. The fraction of sp³-hybridized carbons (Fsp3) is 0.588. The molecule has 0 radical (unpaired) electrons. The number of ether oxygens (including phenoxy) is 1. The molecule has 1 fully saturated rings. The molecule has 1 aromatic carbocycles. The highest BCUT2D eigenvalue weighted by atomic mass is 35.5. The number of aliphatic hydroxyl groups excluding tert-OH is 1. The van der Waals surface area contributed by atoms with Gasteiger partial charge in [0.2, 0.25) is 5.91 Å². The number of rotatable bonds is 7. The van der Waals surface area contributed by atoms with Gasteiger partial charge in [-0.15, -0.1) is 0 Å². The van der Waals surface area contributed by atoms with Crippen LogP contribution >= 0.6 is 11.6 Å². The maximum atomic E-state index is 12.3. The molecule has 0 aliphatic carbocycles. The molecule has 1 aliphatic heterocycles. The first-order valence-corrected chi connectivity index (χ1v) is 8.46. The third-order valence-electron chi connectivity index (χ3n) is 4.16. The lowest BCUT2D eigenvalue weighted by Gasteiger charge is -2.35. The van der Waals surface area contributed by atoms with Gasteiger partial charge in [-0.05, 0) is 44.0 Å². The van der Waals surface area contributed by atoms with Gasteiger partial charge in [-0.2, -0.15) is 0 Å². The molecule has 0 spiro atoms. The summed E-state index contributed by atoms with van der Waals surface area (Å²) in [7, 11) is 0. The summed E-state index contributed by atoms with van der Waals surface area (Å²) in [5.74, 6) is 0.0164. The van der Waals surface area contributed by atoms with E-state index in [-0.39, 0.29) is 24.7 Å². The Morgan fingerprint density at radius 2 is 2.22 bits per heavy atom. The maximum Gasteiger partial charge on any atom is 0.237 e. The van der Waals surface area contributed by atoms with Crippen LogP contribution in [-0.2, 0) is 16.1 Å². The monoisotopic (exact) mass is 340 g/mol. The Bertz CT molecular complexity index is 495. The van der Waals surface area contributed by atoms with Crippen molar-refractivity contribution in [2.45, 2.75) is 38.5 Å². The molecule has 1 saturated heterocycles. The van der Waals surface area contributed by atoms with Gasteiger partial charge >= 0.3 is 0 Å². The highest BCUT2D eigenvalue weighted by molar-refractivity contribution is 6.30. The molecule has 2 rings (SSSR count). The molecule has 0 aromatic heterocycles. The molecule has 23 heavy (non-hydrogen) atoms. The molecule has 1 amide bonds. The Labute approximate surface area is 142 Å². The highest BCUT2D eigenvalue weighted by Gasteiger charge is 2.27. The Hall–Kier alpha value is -1.14. The highest BCUT2D eigenvalue weighted by Crippen LogP contribution is 2.16. The summed E-state index contributed by atoms with van der Waals surface area (Å²) >= 11 is 5.85. The minimum atomic E-state index is -0.192. The second-order valence-electron chi connectivity index (χ2n) is 5.87. The molecule has 0 bridgehead atoms. The number of carbonyl (C=O) groups is 1. The number of piperidine rings is 1. The first-order valence-electron chi connectivity index (χ1n) is 8.09. The molecule has 128 valence electrons. The molecular weight excluding hydrogens is 316 g/mol. The normalized spacial score (nSPS) is 20.2. The first-order chi connectivity index (χ1) is 11.1. The van der Waals surface area contributed by atoms with Gasteiger partial charge in [0.15, 0.2) is 0 Å². The Kier molecular flexibility index (Phi) is 7.30. The van der Waals surface area contributed by atoms with Gasteiger partial charge in [0.1, 0.15) is 0 Å². The van der Waals surface area contributed by atoms with Crippen molar-refractivity contribution in [2.24, 2.45) is 0 Å². The van der Waals surface area contributed by atoms with Crippen LogP contribution in [-0.4, -0.2) is 54.4 Å². The number of hydrogen-bond acceptors (Lipinski definition) is 4. The molecule has 6 heteroatoms. The number of carbonyl (C=O) groups excluding carboxylic acids is 1. The standard InChI is InChI=1S/C17H25ClN2O3/c1-13(20-8-2-3-16(12-20)23-10-9-21)17(22)19-11-14-4-6-15(18)7-5-14/h4-7,13,16,21H,2-3,8-12H2,1H3,(H,19,22)/t13-,16-/m0/s1. The third-order valence-corrected chi connectivity index (χ3v) is 4.41. The summed E-state index contributed by atoms with van der Waals surface area (Å²) in [5.41, 5.74) is 1.03. The summed E-state index contributed by atoms with van der Waals surface area (Å²) < 4.78 is 5.60. The largest absolute Gasteiger partial charge is 0.394 e. The number of amides is 1. The van der Waals surface area contributed by atoms with Gasteiger partial charge in [0, 0.05) is 18.1 Å². The van der Waals surface area contributed by atoms with Crippen molar-refractivity contribution in [1.82, 2.24) is 10.2 Å². The number of hydrogen-bond donors (Lipinski definition) is 2. The lowest BCUT2D eigenvalue weighted by molar-refractivity contribution is -0.127. The second kappa shape index (κ2) is 9.23. The van der Waals surface area contributed by atoms with Crippen LogP contribution in [0.2, 0.25) is 5.02 Å². The SMILES string of the molecule is C[C@@H](C(=O)NCc1ccc(Cl)cc1)N1CCC[C@H](OCCO)C1. The van der Waals surface area contributed by atoms with Gasteiger partial charge in [0.05, 0.1) is 25.4 Å². The molecule has 0 saturated carbocycles. The minimum absolute atomic E-state index is 0.0164. The smallest absolute Gasteiger partial charge is 0.237 e. The molecule has 0 unspecified atom stereocenters. The van der Waals surface area contributed by atoms with Crippen LogP contribution in [0.15, 0.2) is 24.3 Å². The van der Waals surface area contributed by atoms with Crippen molar-refractivity contribution < 1.29 is 14.6 Å². The zero-order chi connectivity index (χ0) is 16.7. The van der Waals surface area contributed by atoms with E-state index in [1.807, 2.05) is 31.2 Å². The fourth-order valence-electron chi connectivity index (χ4n) is 2.78. The van der Waals surface area contributed by atoms with E-state index in [9.17, 15) is 4.79 Å². The van der Waals surface area contributed by atoms with Gasteiger partial charge in [-0.1, -0.05) is 23.7 Å². The molecule has 1 aromatic rings. The van der Waals surface area contributed by atoms with E-state index in [4.69, 9.17) is 21.4 Å². The van der Waals surface area contributed by atoms with E-state index >= 15 is 0 Å². The summed E-state index contributed by atoms with van der Waals surface area (Å²) in [6.07, 6.45) is 2.09. The molecule has 5 nitrogen and oxygen atoms in total. The molecule has 2 N–H and O–H groups in total. The van der Waals surface area contributed by atoms with E-state index < -0.39 is 0 Å². The van der Waals surface area contributed by atoms with Gasteiger partial charge < -0.3 is 15.2 Å². The molecule has 1 aliphatic rings. The average molecular weight is 341 g/mol. The van der Waals surface area contributed by atoms with Crippen LogP contribution < -0.4 is 5.32 Å². The van der Waals surface area contributed by atoms with Crippen LogP contribution in [0.4, 0.5) is 0 Å². The number of benzene rings is 1. The van der Waals surface area contributed by atoms with Crippen molar-refractivity contribution in [3.05, 3.63) is 34.9 Å². The van der Waals surface area contributed by atoms with E-state index in [0.717, 1.165) is 31.5 Å². The number of aliphatic hydroxyl groups is 1. The van der Waals surface area contributed by atoms with Crippen molar-refractivity contribution in [2.75, 3.05) is 26.3 Å². The van der Waals surface area contributed by atoms with Crippen molar-refractivity contribution in [3.63, 3.8) is 0 Å². The summed E-state index contributed by atoms with van der Waals surface area (Å²) in [6.45, 7) is 4.44. The summed E-state index contributed by atoms with van der Waals surface area (Å²) in [5, 5.41) is 12.5. The van der Waals surface area contributed by atoms with Gasteiger partial charge in [-0.25, -0.2) is 0 Å². The topological polar surface area (TPSA) is 61.8 Å². The lowest BCUT2D eigenvalue weighted by atomic mass is 10.1. The van der Waals surface area contributed by atoms with Crippen molar-refractivity contribution in [3.8, 4) is 0 Å². The Balaban J connectivity index is 1.80. The van der Waals surface area contributed by atoms with Crippen LogP contribution in [0, 0.1) is 0 Å². The summed E-state index contributed by atoms with van der Waals surface area (Å²) in [4.78, 5) is 14.5. The van der Waals surface area contributed by atoms with Crippen molar-refractivity contribution in [1.29, 1.82) is 0 Å². The lowest BCUT2D eigenvalue weighted by Crippen LogP contribution is -2.50. The zero-order valence-electron chi connectivity index (χ0n) is 13.5. The van der Waals surface area contributed by atoms with E-state index in [0.29, 0.717) is 18.2 Å². The van der Waals surface area contributed by atoms with E-state index in [2.05, 4.69) is 10.2 Å². The average Bonchev–Trinajstić information content (AvgIpc) is 2.58. The fourth-order valence-corrected chi connectivity index (χ4v) is 2.90. The maximum absolute atomic E-state index is 12.3. The van der Waals surface area contributed by atoms with Crippen LogP contribution in [0.3, 0.4) is 0 Å². The van der Waals surface area contributed by atoms with E-state index in [1.165, 1.54) is 0 Å². The number of nitrogens with zero attached hydrogens (tertiary/aromatic N) is 1. The van der Waals surface area contributed by atoms with E-state index in [1.54, 1.807) is 0 Å². The van der Waals surface area contributed by atoms with Gasteiger partial charge in [-0.3, -0.25) is 9.69 Å². The number of nitrogens with one attached hydrogen (secondary N) is 1. The molecular formula is C17H25ClN2O3. The molecule has 1 heterocycles. The first kappa shape index (κ1) is 18.2. The van der Waals surface area contributed by atoms with Crippen molar-refractivity contribution >= 4 is 17.5 Å². The predicted octanol–water partition coefficient (Wildman–Crippen LogP) is 1.82. The second-order valence-corrected chi connectivity index (χ2v) is 6.31. The zero-order valence-corrected chi connectivity index (χ0v) is 14.3. The number of likely N-dealkylation sites (tertiary alicyclic amines) is 1. The molecule has 2 atom stereocenters. The summed E-state index contributed by atoms with van der Waals surface area (Å²) in [6, 6.07) is 7.27. The minimum Gasteiger partial charge on any atom is -0.394 e. The van der Waals surface area contributed by atoms with Crippen LogP contribution in [0.5, 0.6) is 0 Å².